The lowest BCUT2D eigenvalue weighted by atomic mass is 10.1. The van der Waals surface area contributed by atoms with Crippen LogP contribution in [-0.2, 0) is 9.59 Å². The predicted octanol–water partition coefficient (Wildman–Crippen LogP) is 4.17. The van der Waals surface area contributed by atoms with E-state index in [0.717, 1.165) is 10.6 Å². The summed E-state index contributed by atoms with van der Waals surface area (Å²) in [5.74, 6) is -0.860. The van der Waals surface area contributed by atoms with Crippen LogP contribution in [0.4, 0.5) is 17.1 Å². The molecule has 0 fully saturated rings. The third-order valence-electron chi connectivity index (χ3n) is 4.69. The largest absolute Gasteiger partial charge is 0.324 e. The number of amides is 3. The molecule has 3 amide bonds. The summed E-state index contributed by atoms with van der Waals surface area (Å²) >= 11 is 1.55. The van der Waals surface area contributed by atoms with Gasteiger partial charge in [0.2, 0.25) is 11.8 Å². The topological polar surface area (TPSA) is 90.5 Å². The van der Waals surface area contributed by atoms with Crippen molar-refractivity contribution in [2.24, 2.45) is 0 Å². The summed E-state index contributed by atoms with van der Waals surface area (Å²) in [6.45, 7) is 0.0402. The van der Waals surface area contributed by atoms with Crippen molar-refractivity contribution in [2.75, 3.05) is 42.3 Å². The summed E-state index contributed by atoms with van der Waals surface area (Å²) in [7, 11) is 1.69. The monoisotopic (exact) mass is 462 g/mol. The number of thioether (sulfide) groups is 1. The molecule has 0 bridgehead atoms. The zero-order chi connectivity index (χ0) is 23.6. The van der Waals surface area contributed by atoms with Crippen LogP contribution in [0.15, 0.2) is 83.8 Å². The smallest absolute Gasteiger partial charge is 0.257 e. The fraction of sp³-hybridized carbons (Fsp3) is 0.160. The van der Waals surface area contributed by atoms with E-state index in [1.165, 1.54) is 0 Å². The van der Waals surface area contributed by atoms with E-state index in [0.29, 0.717) is 16.9 Å². The van der Waals surface area contributed by atoms with E-state index < -0.39 is 0 Å². The number of likely N-dealkylation sites (N-methyl/N-ethyl adjacent to an activating group) is 1. The Bertz CT molecular complexity index is 1120. The molecule has 3 aromatic rings. The number of nitrogens with zero attached hydrogens (tertiary/aromatic N) is 1. The van der Waals surface area contributed by atoms with Gasteiger partial charge in [-0.05, 0) is 49.7 Å². The van der Waals surface area contributed by atoms with Gasteiger partial charge in [0.1, 0.15) is 0 Å². The second-order valence-electron chi connectivity index (χ2n) is 7.33. The number of rotatable bonds is 9. The highest BCUT2D eigenvalue weighted by Crippen LogP contribution is 2.24. The van der Waals surface area contributed by atoms with E-state index in [4.69, 9.17) is 0 Å². The van der Waals surface area contributed by atoms with Crippen LogP contribution in [0.25, 0.3) is 0 Å². The van der Waals surface area contributed by atoms with E-state index in [9.17, 15) is 14.4 Å². The molecule has 0 unspecified atom stereocenters. The van der Waals surface area contributed by atoms with Crippen molar-refractivity contribution < 1.29 is 14.4 Å². The van der Waals surface area contributed by atoms with Gasteiger partial charge in [-0.3, -0.25) is 19.3 Å². The fourth-order valence-corrected chi connectivity index (χ4v) is 3.74. The molecule has 0 spiro atoms. The van der Waals surface area contributed by atoms with Gasteiger partial charge in [0.05, 0.1) is 30.0 Å². The fourth-order valence-electron chi connectivity index (χ4n) is 3.18. The highest BCUT2D eigenvalue weighted by molar-refractivity contribution is 7.98. The minimum Gasteiger partial charge on any atom is -0.324 e. The maximum Gasteiger partial charge on any atom is 0.257 e. The standard InChI is InChI=1S/C25H26N4O3S/c1-29(17-24(31)28-21-14-8-9-15-22(21)33-2)16-23(30)27-20-13-7-6-12-19(20)25(32)26-18-10-4-3-5-11-18/h3-15H,16-17H2,1-2H3,(H,26,32)(H,27,30)(H,28,31). The van der Waals surface area contributed by atoms with Crippen LogP contribution in [0.5, 0.6) is 0 Å². The van der Waals surface area contributed by atoms with E-state index in [1.807, 2.05) is 48.7 Å². The molecule has 0 saturated carbocycles. The maximum atomic E-state index is 12.7. The van der Waals surface area contributed by atoms with Gasteiger partial charge < -0.3 is 16.0 Å². The number of carbonyl (C=O) groups is 3. The van der Waals surface area contributed by atoms with Crippen molar-refractivity contribution >= 4 is 46.5 Å². The van der Waals surface area contributed by atoms with Gasteiger partial charge in [-0.15, -0.1) is 11.8 Å². The Morgan fingerprint density at radius 1 is 0.727 bits per heavy atom. The number of hydrogen-bond acceptors (Lipinski definition) is 5. The van der Waals surface area contributed by atoms with Gasteiger partial charge in [-0.25, -0.2) is 0 Å². The lowest BCUT2D eigenvalue weighted by Gasteiger charge is -2.17. The van der Waals surface area contributed by atoms with Gasteiger partial charge in [0.25, 0.3) is 5.91 Å². The second-order valence-corrected chi connectivity index (χ2v) is 8.18. The molecule has 170 valence electrons. The Morgan fingerprint density at radius 2 is 1.27 bits per heavy atom. The van der Waals surface area contributed by atoms with Crippen molar-refractivity contribution in [2.45, 2.75) is 4.90 Å². The Balaban J connectivity index is 1.56. The molecule has 0 aromatic heterocycles. The van der Waals surface area contributed by atoms with Crippen LogP contribution in [0.3, 0.4) is 0 Å². The van der Waals surface area contributed by atoms with Crippen LogP contribution in [-0.4, -0.2) is 49.0 Å². The molecule has 0 aliphatic rings. The van der Waals surface area contributed by atoms with E-state index in [-0.39, 0.29) is 30.8 Å². The summed E-state index contributed by atoms with van der Waals surface area (Å²) in [5.41, 5.74) is 2.16. The van der Waals surface area contributed by atoms with E-state index in [2.05, 4.69) is 16.0 Å². The first-order chi connectivity index (χ1) is 16.0. The molecule has 33 heavy (non-hydrogen) atoms. The Labute approximate surface area is 197 Å². The molecular formula is C25H26N4O3S. The molecule has 0 saturated heterocycles. The summed E-state index contributed by atoms with van der Waals surface area (Å²) in [5, 5.41) is 8.47. The summed E-state index contributed by atoms with van der Waals surface area (Å²) in [6, 6.07) is 23.4. The number of para-hydroxylation sites is 3. The molecule has 0 radical (unpaired) electrons. The van der Waals surface area contributed by atoms with Gasteiger partial charge in [0.15, 0.2) is 0 Å². The van der Waals surface area contributed by atoms with Crippen molar-refractivity contribution in [3.8, 4) is 0 Å². The van der Waals surface area contributed by atoms with E-state index >= 15 is 0 Å². The number of benzene rings is 3. The molecule has 0 atom stereocenters. The summed E-state index contributed by atoms with van der Waals surface area (Å²) < 4.78 is 0. The number of anilines is 3. The number of nitrogens with one attached hydrogen (secondary N) is 3. The average Bonchev–Trinajstić information content (AvgIpc) is 2.80. The summed E-state index contributed by atoms with van der Waals surface area (Å²) in [4.78, 5) is 40.2. The van der Waals surface area contributed by atoms with Gasteiger partial charge in [0, 0.05) is 10.6 Å². The molecule has 0 aliphatic heterocycles. The minimum atomic E-state index is -0.324. The SMILES string of the molecule is CSc1ccccc1NC(=O)CN(C)CC(=O)Nc1ccccc1C(=O)Nc1ccccc1. The first-order valence-electron chi connectivity index (χ1n) is 10.3. The molecule has 3 aromatic carbocycles. The van der Waals surface area contributed by atoms with Gasteiger partial charge in [-0.1, -0.05) is 42.5 Å². The molecule has 3 rings (SSSR count). The zero-order valence-corrected chi connectivity index (χ0v) is 19.3. The molecule has 0 heterocycles. The van der Waals surface area contributed by atoms with Crippen LogP contribution >= 0.6 is 11.8 Å². The van der Waals surface area contributed by atoms with Crippen molar-refractivity contribution in [1.29, 1.82) is 0 Å². The van der Waals surface area contributed by atoms with Crippen LogP contribution in [0.1, 0.15) is 10.4 Å². The number of hydrogen-bond donors (Lipinski definition) is 3. The van der Waals surface area contributed by atoms with Gasteiger partial charge >= 0.3 is 0 Å². The highest BCUT2D eigenvalue weighted by Gasteiger charge is 2.16. The predicted molar refractivity (Wildman–Crippen MR) is 134 cm³/mol. The summed E-state index contributed by atoms with van der Waals surface area (Å²) in [6.07, 6.45) is 1.94. The third-order valence-corrected chi connectivity index (χ3v) is 5.48. The van der Waals surface area contributed by atoms with Crippen LogP contribution < -0.4 is 16.0 Å². The van der Waals surface area contributed by atoms with E-state index in [1.54, 1.807) is 60.1 Å². The lowest BCUT2D eigenvalue weighted by molar-refractivity contribution is -0.119. The lowest BCUT2D eigenvalue weighted by Crippen LogP contribution is -2.36. The second kappa shape index (κ2) is 11.8. The van der Waals surface area contributed by atoms with Crippen molar-refractivity contribution in [3.05, 3.63) is 84.4 Å². The average molecular weight is 463 g/mol. The first-order valence-corrected chi connectivity index (χ1v) is 11.6. The molecular weight excluding hydrogens is 436 g/mol. The molecule has 8 heteroatoms. The maximum absolute atomic E-state index is 12.7. The minimum absolute atomic E-state index is 0.00771. The van der Waals surface area contributed by atoms with Gasteiger partial charge in [-0.2, -0.15) is 0 Å². The molecule has 3 N–H and O–H groups in total. The van der Waals surface area contributed by atoms with Crippen molar-refractivity contribution in [3.63, 3.8) is 0 Å². The zero-order valence-electron chi connectivity index (χ0n) is 18.5. The third kappa shape index (κ3) is 7.20. The normalized spacial score (nSPS) is 10.5. The number of carbonyl (C=O) groups excluding carboxylic acids is 3. The first kappa shape index (κ1) is 24.0. The van der Waals surface area contributed by atoms with Crippen LogP contribution in [0, 0.1) is 0 Å². The Morgan fingerprint density at radius 3 is 1.94 bits per heavy atom. The quantitative estimate of drug-likeness (QED) is 0.415. The highest BCUT2D eigenvalue weighted by atomic mass is 32.2. The van der Waals surface area contributed by atoms with Crippen LogP contribution in [0.2, 0.25) is 0 Å². The van der Waals surface area contributed by atoms with Crippen molar-refractivity contribution in [1.82, 2.24) is 4.90 Å². The molecule has 7 nitrogen and oxygen atoms in total. The Kier molecular flexibility index (Phi) is 8.63. The Hall–Kier alpha value is -3.62. The molecule has 0 aliphatic carbocycles.